The Labute approximate surface area is 127 Å². The van der Waals surface area contributed by atoms with Gasteiger partial charge in [0.05, 0.1) is 0 Å². The molecule has 0 amide bonds. The van der Waals surface area contributed by atoms with Gasteiger partial charge in [0.25, 0.3) is 0 Å². The normalized spacial score (nSPS) is 35.5. The number of nitrogens with zero attached hydrogens (tertiary/aromatic N) is 3. The van der Waals surface area contributed by atoms with Gasteiger partial charge in [0.15, 0.2) is 12.0 Å². The van der Waals surface area contributed by atoms with Crippen LogP contribution in [-0.4, -0.2) is 51.9 Å². The Kier molecular flexibility index (Phi) is 3.43. The van der Waals surface area contributed by atoms with Gasteiger partial charge in [-0.2, -0.15) is 0 Å². The molecule has 5 atom stereocenters. The number of nitrogens with two attached hydrogens (primary N) is 1. The summed E-state index contributed by atoms with van der Waals surface area (Å²) in [6, 6.07) is 1.76. The molecule has 0 aromatic carbocycles. The van der Waals surface area contributed by atoms with E-state index in [9.17, 15) is 15.3 Å². The Morgan fingerprint density at radius 2 is 2.25 bits per heavy atom. The van der Waals surface area contributed by atoms with Crippen molar-refractivity contribution in [2.45, 2.75) is 28.3 Å². The first-order valence-electron chi connectivity index (χ1n) is 5.86. The maximum absolute atomic E-state index is 10.1. The molecule has 9 heteroatoms. The highest BCUT2D eigenvalue weighted by Crippen LogP contribution is 2.38. The number of rotatable bonds is 2. The number of alkyl halides is 1. The Bertz CT molecular complexity index is 636. The van der Waals surface area contributed by atoms with Crippen molar-refractivity contribution in [2.75, 3.05) is 0 Å². The van der Waals surface area contributed by atoms with Crippen LogP contribution >= 0.6 is 22.6 Å². The fourth-order valence-electron chi connectivity index (χ4n) is 2.29. The van der Waals surface area contributed by atoms with Crippen LogP contribution < -0.4 is 5.73 Å². The van der Waals surface area contributed by atoms with E-state index in [0.717, 1.165) is 5.39 Å². The van der Waals surface area contributed by atoms with Gasteiger partial charge in [-0.1, -0.05) is 0 Å². The monoisotopic (exact) mass is 392 g/mol. The fourth-order valence-corrected chi connectivity index (χ4v) is 2.81. The minimum Gasteiger partial charge on any atom is -0.386 e. The first kappa shape index (κ1) is 14.1. The van der Waals surface area contributed by atoms with Crippen LogP contribution in [0.15, 0.2) is 24.8 Å². The predicted octanol–water partition coefficient (Wildman–Crippen LogP) is -0.910. The Morgan fingerprint density at radius 3 is 2.90 bits per heavy atom. The van der Waals surface area contributed by atoms with E-state index in [1.54, 1.807) is 45.6 Å². The van der Waals surface area contributed by atoms with Crippen molar-refractivity contribution in [3.8, 4) is 0 Å². The standard InChI is InChI=1S/C11H13IN4O4/c12-10(19)11(13)7(18)6(17)9(20-11)16-2-1-5-3-14-4-15-8(5)16/h1-4,6-7,9-10,17-19H,13H2/t6-,7+,9-,10?,11+/m1/s1. The molecule has 8 nitrogen and oxygen atoms in total. The maximum atomic E-state index is 10.1. The topological polar surface area (TPSA) is 127 Å². The predicted molar refractivity (Wildman–Crippen MR) is 76.6 cm³/mol. The molecular weight excluding hydrogens is 379 g/mol. The third-order valence-electron chi connectivity index (χ3n) is 3.43. The number of fused-ring (bicyclic) bond motifs is 1. The quantitative estimate of drug-likeness (QED) is 0.385. The van der Waals surface area contributed by atoms with Gasteiger partial charge in [-0.25, -0.2) is 9.97 Å². The lowest BCUT2D eigenvalue weighted by Crippen LogP contribution is -2.57. The second kappa shape index (κ2) is 4.86. The molecule has 1 aliphatic heterocycles. The zero-order valence-corrected chi connectivity index (χ0v) is 12.3. The zero-order chi connectivity index (χ0) is 14.5. The van der Waals surface area contributed by atoms with E-state index in [1.165, 1.54) is 6.33 Å². The molecule has 1 fully saturated rings. The van der Waals surface area contributed by atoms with E-state index >= 15 is 0 Å². The summed E-state index contributed by atoms with van der Waals surface area (Å²) in [7, 11) is 0. The van der Waals surface area contributed by atoms with Crippen LogP contribution in [0.25, 0.3) is 11.0 Å². The second-order valence-corrected chi connectivity index (χ2v) is 5.84. The van der Waals surface area contributed by atoms with E-state index in [-0.39, 0.29) is 0 Å². The highest BCUT2D eigenvalue weighted by molar-refractivity contribution is 14.1. The van der Waals surface area contributed by atoms with E-state index in [1.807, 2.05) is 0 Å². The molecule has 1 aliphatic rings. The van der Waals surface area contributed by atoms with Gasteiger partial charge in [0.1, 0.15) is 28.3 Å². The molecular formula is C11H13IN4O4. The minimum absolute atomic E-state index is 0.545. The van der Waals surface area contributed by atoms with Crippen LogP contribution in [0.2, 0.25) is 0 Å². The largest absolute Gasteiger partial charge is 0.386 e. The lowest BCUT2D eigenvalue weighted by atomic mass is 10.1. The summed E-state index contributed by atoms with van der Waals surface area (Å²) in [5.74, 6) is 0. The molecule has 108 valence electrons. The van der Waals surface area contributed by atoms with Gasteiger partial charge in [0, 0.05) is 17.8 Å². The van der Waals surface area contributed by atoms with Crippen molar-refractivity contribution in [1.82, 2.24) is 14.5 Å². The number of ether oxygens (including phenoxy) is 1. The molecule has 2 aromatic rings. The smallest absolute Gasteiger partial charge is 0.183 e. The van der Waals surface area contributed by atoms with Crippen LogP contribution in [0.3, 0.4) is 0 Å². The number of aliphatic hydroxyl groups excluding tert-OH is 3. The molecule has 1 unspecified atom stereocenters. The van der Waals surface area contributed by atoms with Crippen molar-refractivity contribution >= 4 is 33.6 Å². The molecule has 0 spiro atoms. The SMILES string of the molecule is N[C@]1(C(O)I)O[C@@H](n2ccc3cncnc32)[C@H](O)[C@@H]1O. The third-order valence-corrected chi connectivity index (χ3v) is 4.40. The summed E-state index contributed by atoms with van der Waals surface area (Å²) in [6.07, 6.45) is 1.02. The molecule has 0 bridgehead atoms. The molecule has 2 aromatic heterocycles. The van der Waals surface area contributed by atoms with Crippen molar-refractivity contribution in [1.29, 1.82) is 0 Å². The van der Waals surface area contributed by atoms with Gasteiger partial charge >= 0.3 is 0 Å². The summed E-state index contributed by atoms with van der Waals surface area (Å²) in [4.78, 5) is 8.01. The van der Waals surface area contributed by atoms with Gasteiger partial charge in [-0.05, 0) is 28.7 Å². The summed E-state index contributed by atoms with van der Waals surface area (Å²) in [5.41, 5.74) is 4.64. The summed E-state index contributed by atoms with van der Waals surface area (Å²) in [5, 5.41) is 30.6. The molecule has 0 aliphatic carbocycles. The highest BCUT2D eigenvalue weighted by Gasteiger charge is 2.56. The minimum atomic E-state index is -1.74. The Hall–Kier alpha value is -0.850. The number of aliphatic hydroxyl groups is 3. The van der Waals surface area contributed by atoms with Crippen LogP contribution in [-0.2, 0) is 4.74 Å². The van der Waals surface area contributed by atoms with E-state index < -0.39 is 28.3 Å². The lowest BCUT2D eigenvalue weighted by molar-refractivity contribution is -0.129. The summed E-state index contributed by atoms with van der Waals surface area (Å²) >= 11 is 1.63. The van der Waals surface area contributed by atoms with Crippen LogP contribution in [0.4, 0.5) is 0 Å². The number of hydrogen-bond donors (Lipinski definition) is 4. The summed E-state index contributed by atoms with van der Waals surface area (Å²) < 4.78 is 5.89. The molecule has 3 heterocycles. The maximum Gasteiger partial charge on any atom is 0.183 e. The van der Waals surface area contributed by atoms with E-state index in [4.69, 9.17) is 10.5 Å². The Morgan fingerprint density at radius 1 is 1.50 bits per heavy atom. The zero-order valence-electron chi connectivity index (χ0n) is 10.2. The van der Waals surface area contributed by atoms with Crippen molar-refractivity contribution in [3.63, 3.8) is 0 Å². The van der Waals surface area contributed by atoms with E-state index in [0.29, 0.717) is 5.65 Å². The number of halogens is 1. The van der Waals surface area contributed by atoms with Crippen LogP contribution in [0, 0.1) is 0 Å². The van der Waals surface area contributed by atoms with Gasteiger partial charge < -0.3 is 24.6 Å². The molecule has 5 N–H and O–H groups in total. The van der Waals surface area contributed by atoms with Gasteiger partial charge in [-0.15, -0.1) is 0 Å². The third kappa shape index (κ3) is 1.93. The first-order valence-corrected chi connectivity index (χ1v) is 7.11. The van der Waals surface area contributed by atoms with Gasteiger partial charge in [0.2, 0.25) is 0 Å². The molecule has 0 radical (unpaired) electrons. The van der Waals surface area contributed by atoms with Crippen molar-refractivity contribution < 1.29 is 20.1 Å². The van der Waals surface area contributed by atoms with Gasteiger partial charge in [-0.3, -0.25) is 5.73 Å². The molecule has 1 saturated heterocycles. The number of aromatic nitrogens is 3. The fraction of sp³-hybridized carbons (Fsp3) is 0.455. The van der Waals surface area contributed by atoms with Crippen molar-refractivity contribution in [3.05, 3.63) is 24.8 Å². The molecule has 3 rings (SSSR count). The first-order chi connectivity index (χ1) is 9.45. The van der Waals surface area contributed by atoms with Crippen LogP contribution in [0.5, 0.6) is 0 Å². The number of hydrogen-bond acceptors (Lipinski definition) is 7. The van der Waals surface area contributed by atoms with Crippen molar-refractivity contribution in [2.24, 2.45) is 5.73 Å². The van der Waals surface area contributed by atoms with E-state index in [2.05, 4.69) is 9.97 Å². The second-order valence-electron chi connectivity index (χ2n) is 4.66. The molecule has 0 saturated carbocycles. The average Bonchev–Trinajstić information content (AvgIpc) is 2.95. The lowest BCUT2D eigenvalue weighted by Gasteiger charge is -2.28. The summed E-state index contributed by atoms with van der Waals surface area (Å²) in [6.45, 7) is 0. The van der Waals surface area contributed by atoms with Crippen LogP contribution in [0.1, 0.15) is 6.23 Å². The Balaban J connectivity index is 2.03. The average molecular weight is 392 g/mol. The highest BCUT2D eigenvalue weighted by atomic mass is 127. The molecule has 20 heavy (non-hydrogen) atoms.